The minimum absolute atomic E-state index is 0.0463. The maximum absolute atomic E-state index is 13.5. The molecule has 30 heavy (non-hydrogen) atoms. The number of ether oxygens (including phenoxy) is 2. The van der Waals surface area contributed by atoms with Gasteiger partial charge in [0, 0.05) is 6.54 Å². The Morgan fingerprint density at radius 1 is 1.07 bits per heavy atom. The van der Waals surface area contributed by atoms with Gasteiger partial charge in [0.25, 0.3) is 0 Å². The largest absolute Gasteiger partial charge is 0.497 e. The summed E-state index contributed by atoms with van der Waals surface area (Å²) in [5.41, 5.74) is 2.99. The van der Waals surface area contributed by atoms with Gasteiger partial charge in [-0.1, -0.05) is 54.6 Å². The van der Waals surface area contributed by atoms with Crippen molar-refractivity contribution in [3.8, 4) is 11.5 Å². The van der Waals surface area contributed by atoms with Crippen LogP contribution in [0.5, 0.6) is 11.5 Å². The predicted octanol–water partition coefficient (Wildman–Crippen LogP) is 4.29. The Morgan fingerprint density at radius 2 is 1.83 bits per heavy atom. The highest BCUT2D eigenvalue weighted by Gasteiger charge is 2.33. The van der Waals surface area contributed by atoms with Gasteiger partial charge in [-0.25, -0.2) is 0 Å². The first-order valence-corrected chi connectivity index (χ1v) is 10.1. The third-order valence-corrected chi connectivity index (χ3v) is 5.28. The zero-order chi connectivity index (χ0) is 20.9. The number of likely N-dealkylation sites (N-methyl/N-ethyl adjacent to an activating group) is 1. The number of rotatable bonds is 6. The number of hydrogen-bond donors (Lipinski definition) is 0. The molecule has 0 aromatic heterocycles. The number of para-hydroxylation sites is 2. The molecule has 0 spiro atoms. The summed E-state index contributed by atoms with van der Waals surface area (Å²) >= 11 is 0. The zero-order valence-corrected chi connectivity index (χ0v) is 17.3. The smallest absolute Gasteiger partial charge is 0.241 e. The molecule has 1 atom stereocenters. The first kappa shape index (κ1) is 20.0. The average Bonchev–Trinajstić information content (AvgIpc) is 2.78. The van der Waals surface area contributed by atoms with Crippen LogP contribution in [0.3, 0.4) is 0 Å². The third kappa shape index (κ3) is 4.31. The van der Waals surface area contributed by atoms with E-state index in [0.717, 1.165) is 28.3 Å². The van der Waals surface area contributed by atoms with Crippen molar-refractivity contribution in [3.05, 3.63) is 90.0 Å². The Bertz CT molecular complexity index is 1010. The van der Waals surface area contributed by atoms with Crippen LogP contribution in [-0.2, 0) is 11.3 Å². The van der Waals surface area contributed by atoms with Gasteiger partial charge in [-0.2, -0.15) is 0 Å². The van der Waals surface area contributed by atoms with E-state index in [1.54, 1.807) is 7.11 Å². The van der Waals surface area contributed by atoms with Crippen LogP contribution in [0.15, 0.2) is 78.9 Å². The van der Waals surface area contributed by atoms with E-state index in [-0.39, 0.29) is 11.9 Å². The molecule has 1 aliphatic heterocycles. The van der Waals surface area contributed by atoms with Crippen molar-refractivity contribution in [2.24, 2.45) is 0 Å². The lowest BCUT2D eigenvalue weighted by Crippen LogP contribution is -2.45. The molecule has 5 nitrogen and oxygen atoms in total. The normalized spacial score (nSPS) is 15.4. The summed E-state index contributed by atoms with van der Waals surface area (Å²) in [4.78, 5) is 17.4. The lowest BCUT2D eigenvalue weighted by Gasteiger charge is -2.38. The molecule has 0 saturated carbocycles. The molecule has 1 heterocycles. The Labute approximate surface area is 177 Å². The molecule has 0 bridgehead atoms. The highest BCUT2D eigenvalue weighted by atomic mass is 16.5. The van der Waals surface area contributed by atoms with Crippen molar-refractivity contribution in [1.29, 1.82) is 0 Å². The number of benzene rings is 3. The van der Waals surface area contributed by atoms with E-state index in [4.69, 9.17) is 9.47 Å². The van der Waals surface area contributed by atoms with Crippen LogP contribution in [0.1, 0.15) is 17.2 Å². The van der Waals surface area contributed by atoms with Crippen molar-refractivity contribution in [2.75, 3.05) is 32.2 Å². The number of amides is 1. The van der Waals surface area contributed by atoms with Gasteiger partial charge in [-0.05, 0) is 42.4 Å². The number of anilines is 1. The predicted molar refractivity (Wildman–Crippen MR) is 118 cm³/mol. The highest BCUT2D eigenvalue weighted by molar-refractivity contribution is 5.97. The van der Waals surface area contributed by atoms with Gasteiger partial charge >= 0.3 is 0 Å². The number of fused-ring (bicyclic) bond motifs is 1. The lowest BCUT2D eigenvalue weighted by molar-refractivity contribution is -0.120. The zero-order valence-electron chi connectivity index (χ0n) is 17.3. The molecule has 0 saturated heterocycles. The number of carbonyl (C=O) groups excluding carboxylic acids is 1. The van der Waals surface area contributed by atoms with E-state index < -0.39 is 0 Å². The minimum Gasteiger partial charge on any atom is -0.497 e. The van der Waals surface area contributed by atoms with Crippen LogP contribution in [0.2, 0.25) is 0 Å². The maximum Gasteiger partial charge on any atom is 0.241 e. The summed E-state index contributed by atoms with van der Waals surface area (Å²) in [6.45, 7) is 1.40. The molecule has 4 rings (SSSR count). The lowest BCUT2D eigenvalue weighted by atomic mass is 10.0. The Hall–Kier alpha value is -3.31. The minimum atomic E-state index is -0.154. The first-order valence-electron chi connectivity index (χ1n) is 10.1. The standard InChI is InChI=1S/C25H26N2O3/c1-26(16-19-9-8-12-21(15-19)29-2)17-25(28)27-22-13-6-7-14-24(22)30-18-23(27)20-10-4-3-5-11-20/h3-15,23H,16-18H2,1-2H3. The van der Waals surface area contributed by atoms with Gasteiger partial charge in [-0.3, -0.25) is 14.6 Å². The Morgan fingerprint density at radius 3 is 2.63 bits per heavy atom. The quantitative estimate of drug-likeness (QED) is 0.617. The van der Waals surface area contributed by atoms with Crippen LogP contribution in [-0.4, -0.2) is 38.1 Å². The summed E-state index contributed by atoms with van der Waals surface area (Å²) in [5, 5.41) is 0. The molecule has 1 amide bonds. The van der Waals surface area contributed by atoms with E-state index >= 15 is 0 Å². The topological polar surface area (TPSA) is 42.0 Å². The SMILES string of the molecule is COc1cccc(CN(C)CC(=O)N2c3ccccc3OCC2c2ccccc2)c1. The van der Waals surface area contributed by atoms with Crippen LogP contribution < -0.4 is 14.4 Å². The monoisotopic (exact) mass is 402 g/mol. The van der Waals surface area contributed by atoms with Gasteiger partial charge in [0.15, 0.2) is 0 Å². The van der Waals surface area contributed by atoms with Crippen molar-refractivity contribution in [2.45, 2.75) is 12.6 Å². The molecule has 5 heteroatoms. The van der Waals surface area contributed by atoms with E-state index in [0.29, 0.717) is 19.7 Å². The fourth-order valence-electron chi connectivity index (χ4n) is 3.86. The van der Waals surface area contributed by atoms with E-state index in [1.807, 2.05) is 95.7 Å². The molecule has 3 aromatic carbocycles. The second-order valence-corrected chi connectivity index (χ2v) is 7.49. The summed E-state index contributed by atoms with van der Waals surface area (Å²) in [7, 11) is 3.62. The van der Waals surface area contributed by atoms with Crippen molar-refractivity contribution in [1.82, 2.24) is 4.90 Å². The van der Waals surface area contributed by atoms with Gasteiger partial charge in [0.2, 0.25) is 5.91 Å². The average molecular weight is 402 g/mol. The van der Waals surface area contributed by atoms with Crippen molar-refractivity contribution in [3.63, 3.8) is 0 Å². The molecular weight excluding hydrogens is 376 g/mol. The number of hydrogen-bond acceptors (Lipinski definition) is 4. The molecule has 1 unspecified atom stereocenters. The fourth-order valence-corrected chi connectivity index (χ4v) is 3.86. The van der Waals surface area contributed by atoms with Gasteiger partial charge < -0.3 is 9.47 Å². The number of carbonyl (C=O) groups is 1. The van der Waals surface area contributed by atoms with Gasteiger partial charge in [-0.15, -0.1) is 0 Å². The molecule has 154 valence electrons. The first-order chi connectivity index (χ1) is 14.7. The van der Waals surface area contributed by atoms with Crippen LogP contribution in [0.25, 0.3) is 0 Å². The molecule has 1 aliphatic rings. The van der Waals surface area contributed by atoms with E-state index in [9.17, 15) is 4.79 Å². The van der Waals surface area contributed by atoms with E-state index in [1.165, 1.54) is 0 Å². The van der Waals surface area contributed by atoms with Gasteiger partial charge in [0.05, 0.1) is 25.4 Å². The number of methoxy groups -OCH3 is 1. The van der Waals surface area contributed by atoms with Crippen molar-refractivity contribution < 1.29 is 14.3 Å². The van der Waals surface area contributed by atoms with Crippen LogP contribution >= 0.6 is 0 Å². The summed E-state index contributed by atoms with van der Waals surface area (Å²) in [5.74, 6) is 1.61. The fraction of sp³-hybridized carbons (Fsp3) is 0.240. The summed E-state index contributed by atoms with van der Waals surface area (Å²) in [6.07, 6.45) is 0. The van der Waals surface area contributed by atoms with Gasteiger partial charge in [0.1, 0.15) is 18.1 Å². The maximum atomic E-state index is 13.5. The molecule has 3 aromatic rings. The molecular formula is C25H26N2O3. The number of nitrogens with zero attached hydrogens (tertiary/aromatic N) is 2. The van der Waals surface area contributed by atoms with Crippen LogP contribution in [0, 0.1) is 0 Å². The summed E-state index contributed by atoms with van der Waals surface area (Å²) in [6, 6.07) is 25.6. The Kier molecular flexibility index (Phi) is 6.00. The second kappa shape index (κ2) is 9.01. The molecule has 0 N–H and O–H groups in total. The summed E-state index contributed by atoms with van der Waals surface area (Å²) < 4.78 is 11.3. The molecule has 0 aliphatic carbocycles. The van der Waals surface area contributed by atoms with Crippen molar-refractivity contribution >= 4 is 11.6 Å². The third-order valence-electron chi connectivity index (χ3n) is 5.28. The highest BCUT2D eigenvalue weighted by Crippen LogP contribution is 2.39. The van der Waals surface area contributed by atoms with E-state index in [2.05, 4.69) is 0 Å². The van der Waals surface area contributed by atoms with Crippen LogP contribution in [0.4, 0.5) is 5.69 Å². The second-order valence-electron chi connectivity index (χ2n) is 7.49. The Balaban J connectivity index is 1.56. The molecule has 0 fully saturated rings. The molecule has 0 radical (unpaired) electrons.